The number of hydrogen-bond donors (Lipinski definition) is 2. The Hall–Kier alpha value is -2.16. The van der Waals surface area contributed by atoms with E-state index in [0.29, 0.717) is 0 Å². The maximum atomic E-state index is 10.9. The lowest BCUT2D eigenvalue weighted by Gasteiger charge is -2.06. The summed E-state index contributed by atoms with van der Waals surface area (Å²) in [6.45, 7) is -0.236. The predicted octanol–water partition coefficient (Wildman–Crippen LogP) is -0.305. The Kier molecular flexibility index (Phi) is 5.73. The first-order chi connectivity index (χ1) is 9.05. The van der Waals surface area contributed by atoms with Crippen LogP contribution in [-0.2, 0) is 19.1 Å². The molecule has 1 rings (SSSR count). The van der Waals surface area contributed by atoms with Gasteiger partial charge in [0.25, 0.3) is 0 Å². The molecule has 0 spiro atoms. The van der Waals surface area contributed by atoms with Crippen LogP contribution in [0.4, 0.5) is 11.9 Å². The van der Waals surface area contributed by atoms with Crippen molar-refractivity contribution < 1.29 is 19.1 Å². The van der Waals surface area contributed by atoms with E-state index in [4.69, 9.17) is 11.6 Å². The minimum Gasteiger partial charge on any atom is -0.468 e. The zero-order chi connectivity index (χ0) is 14.3. The molecule has 0 amide bonds. The number of esters is 2. The van der Waals surface area contributed by atoms with Crippen LogP contribution in [0.2, 0.25) is 5.28 Å². The molecule has 9 nitrogen and oxygen atoms in total. The summed E-state index contributed by atoms with van der Waals surface area (Å²) >= 11 is 5.67. The van der Waals surface area contributed by atoms with Crippen molar-refractivity contribution in [3.05, 3.63) is 5.28 Å². The Morgan fingerprint density at radius 1 is 1.00 bits per heavy atom. The number of nitrogens with one attached hydrogen (secondary N) is 2. The van der Waals surface area contributed by atoms with Gasteiger partial charge in [-0.2, -0.15) is 15.0 Å². The summed E-state index contributed by atoms with van der Waals surface area (Å²) in [5.41, 5.74) is 0. The highest BCUT2D eigenvalue weighted by molar-refractivity contribution is 6.28. The van der Waals surface area contributed by atoms with E-state index in [1.807, 2.05) is 0 Å². The molecular weight excluding hydrogens is 278 g/mol. The van der Waals surface area contributed by atoms with Crippen molar-refractivity contribution in [1.82, 2.24) is 15.0 Å². The zero-order valence-electron chi connectivity index (χ0n) is 10.3. The number of methoxy groups -OCH3 is 2. The predicted molar refractivity (Wildman–Crippen MR) is 65.8 cm³/mol. The molecule has 0 aliphatic rings. The molecule has 0 saturated carbocycles. The highest BCUT2D eigenvalue weighted by Crippen LogP contribution is 2.09. The average molecular weight is 290 g/mol. The number of rotatable bonds is 6. The fraction of sp³-hybridized carbons (Fsp3) is 0.444. The molecule has 1 aromatic heterocycles. The molecule has 0 atom stereocenters. The van der Waals surface area contributed by atoms with Crippen LogP contribution >= 0.6 is 11.6 Å². The number of hydrogen-bond acceptors (Lipinski definition) is 9. The summed E-state index contributed by atoms with van der Waals surface area (Å²) in [5.74, 6) is -0.809. The molecule has 19 heavy (non-hydrogen) atoms. The highest BCUT2D eigenvalue weighted by Gasteiger charge is 2.08. The minimum atomic E-state index is -0.486. The molecule has 0 saturated heterocycles. The van der Waals surface area contributed by atoms with Crippen LogP contribution in [0.1, 0.15) is 0 Å². The van der Waals surface area contributed by atoms with E-state index >= 15 is 0 Å². The SMILES string of the molecule is COC(=O)CNc1nc(Cl)nc(NCC(=O)OC)n1. The number of carbonyl (C=O) groups is 2. The highest BCUT2D eigenvalue weighted by atomic mass is 35.5. The third-order valence-electron chi connectivity index (χ3n) is 1.85. The molecule has 10 heteroatoms. The molecule has 0 bridgehead atoms. The number of ether oxygens (including phenoxy) is 2. The second kappa shape index (κ2) is 7.31. The standard InChI is InChI=1S/C9H12ClN5O4/c1-18-5(16)3-11-8-13-7(10)14-9(15-8)12-4-6(17)19-2/h3-4H2,1-2H3,(H2,11,12,13,14,15). The second-order valence-electron chi connectivity index (χ2n) is 3.11. The molecule has 0 aromatic carbocycles. The van der Waals surface area contributed by atoms with E-state index in [-0.39, 0.29) is 30.3 Å². The quantitative estimate of drug-likeness (QED) is 0.680. The lowest BCUT2D eigenvalue weighted by Crippen LogP contribution is -2.19. The van der Waals surface area contributed by atoms with E-state index in [1.165, 1.54) is 14.2 Å². The number of halogens is 1. The van der Waals surface area contributed by atoms with Gasteiger partial charge in [0.1, 0.15) is 13.1 Å². The summed E-state index contributed by atoms with van der Waals surface area (Å²) in [5, 5.41) is 5.11. The van der Waals surface area contributed by atoms with E-state index in [1.54, 1.807) is 0 Å². The van der Waals surface area contributed by atoms with Gasteiger partial charge in [0, 0.05) is 0 Å². The van der Waals surface area contributed by atoms with Crippen LogP contribution in [0.5, 0.6) is 0 Å². The molecule has 1 heterocycles. The van der Waals surface area contributed by atoms with Gasteiger partial charge < -0.3 is 20.1 Å². The number of nitrogens with zero attached hydrogens (tertiary/aromatic N) is 3. The fourth-order valence-corrected chi connectivity index (χ4v) is 1.12. The first-order valence-electron chi connectivity index (χ1n) is 5.08. The summed E-state index contributed by atoms with van der Waals surface area (Å²) < 4.78 is 8.89. The van der Waals surface area contributed by atoms with Crippen molar-refractivity contribution in [2.75, 3.05) is 37.9 Å². The average Bonchev–Trinajstić information content (AvgIpc) is 2.41. The van der Waals surface area contributed by atoms with Crippen molar-refractivity contribution in [3.8, 4) is 0 Å². The molecule has 1 aromatic rings. The normalized spacial score (nSPS) is 9.63. The van der Waals surface area contributed by atoms with Gasteiger partial charge in [-0.3, -0.25) is 9.59 Å². The summed E-state index contributed by atoms with van der Waals surface area (Å²) in [7, 11) is 2.52. The topological polar surface area (TPSA) is 115 Å². The molecule has 0 fully saturated rings. The minimum absolute atomic E-state index is 0.0813. The molecule has 2 N–H and O–H groups in total. The molecular formula is C9H12ClN5O4. The van der Waals surface area contributed by atoms with Crippen LogP contribution in [0.3, 0.4) is 0 Å². The summed E-state index contributed by atoms with van der Waals surface area (Å²) in [6.07, 6.45) is 0. The first kappa shape index (κ1) is 14.9. The third kappa shape index (κ3) is 5.34. The van der Waals surface area contributed by atoms with Crippen LogP contribution < -0.4 is 10.6 Å². The molecule has 104 valence electrons. The van der Waals surface area contributed by atoms with Crippen molar-refractivity contribution in [3.63, 3.8) is 0 Å². The Morgan fingerprint density at radius 3 is 1.79 bits per heavy atom. The largest absolute Gasteiger partial charge is 0.468 e. The van der Waals surface area contributed by atoms with E-state index in [9.17, 15) is 9.59 Å². The molecule has 0 unspecified atom stereocenters. The van der Waals surface area contributed by atoms with Gasteiger partial charge in [0.15, 0.2) is 0 Å². The van der Waals surface area contributed by atoms with Crippen LogP contribution in [-0.4, -0.2) is 54.2 Å². The van der Waals surface area contributed by atoms with Crippen LogP contribution in [0.25, 0.3) is 0 Å². The van der Waals surface area contributed by atoms with E-state index in [0.717, 1.165) is 0 Å². The van der Waals surface area contributed by atoms with Crippen LogP contribution in [0.15, 0.2) is 0 Å². The summed E-state index contributed by atoms with van der Waals surface area (Å²) in [6, 6.07) is 0. The lowest BCUT2D eigenvalue weighted by atomic mass is 10.6. The van der Waals surface area contributed by atoms with E-state index < -0.39 is 11.9 Å². The zero-order valence-corrected chi connectivity index (χ0v) is 11.0. The van der Waals surface area contributed by atoms with Crippen molar-refractivity contribution >= 4 is 35.4 Å². The van der Waals surface area contributed by atoms with Gasteiger partial charge >= 0.3 is 11.9 Å². The van der Waals surface area contributed by atoms with Crippen molar-refractivity contribution in [2.24, 2.45) is 0 Å². The molecule has 0 aliphatic heterocycles. The smallest absolute Gasteiger partial charge is 0.325 e. The second-order valence-corrected chi connectivity index (χ2v) is 3.45. The van der Waals surface area contributed by atoms with Gasteiger partial charge in [0.05, 0.1) is 14.2 Å². The van der Waals surface area contributed by atoms with Crippen LogP contribution in [0, 0.1) is 0 Å². The Bertz CT molecular complexity index is 432. The lowest BCUT2D eigenvalue weighted by molar-refractivity contribution is -0.139. The Labute approximate surface area is 113 Å². The van der Waals surface area contributed by atoms with Gasteiger partial charge in [-0.15, -0.1) is 0 Å². The molecule has 0 aliphatic carbocycles. The van der Waals surface area contributed by atoms with Gasteiger partial charge in [-0.1, -0.05) is 0 Å². The molecule has 0 radical (unpaired) electrons. The third-order valence-corrected chi connectivity index (χ3v) is 2.01. The summed E-state index contributed by atoms with van der Waals surface area (Å²) in [4.78, 5) is 33.3. The number of carbonyl (C=O) groups excluding carboxylic acids is 2. The van der Waals surface area contributed by atoms with Gasteiger partial charge in [-0.05, 0) is 11.6 Å². The van der Waals surface area contributed by atoms with Gasteiger partial charge in [0.2, 0.25) is 17.2 Å². The maximum Gasteiger partial charge on any atom is 0.325 e. The van der Waals surface area contributed by atoms with E-state index in [2.05, 4.69) is 35.1 Å². The Morgan fingerprint density at radius 2 is 1.42 bits per heavy atom. The maximum absolute atomic E-state index is 10.9. The monoisotopic (exact) mass is 289 g/mol. The van der Waals surface area contributed by atoms with Gasteiger partial charge in [-0.25, -0.2) is 0 Å². The number of anilines is 2. The van der Waals surface area contributed by atoms with Crippen molar-refractivity contribution in [2.45, 2.75) is 0 Å². The Balaban J connectivity index is 2.65. The number of aromatic nitrogens is 3. The fourth-order valence-electron chi connectivity index (χ4n) is 0.955. The first-order valence-corrected chi connectivity index (χ1v) is 5.46. The van der Waals surface area contributed by atoms with Crippen molar-refractivity contribution in [1.29, 1.82) is 0 Å².